The van der Waals surface area contributed by atoms with Crippen LogP contribution in [-0.4, -0.2) is 37.0 Å². The van der Waals surface area contributed by atoms with Crippen molar-refractivity contribution in [2.45, 2.75) is 45.6 Å². The van der Waals surface area contributed by atoms with Crippen LogP contribution in [0.15, 0.2) is 0 Å². The second-order valence-electron chi connectivity index (χ2n) is 4.88. The minimum Gasteiger partial charge on any atom is -0.343 e. The summed E-state index contributed by atoms with van der Waals surface area (Å²) in [5, 5.41) is 3.28. The van der Waals surface area contributed by atoms with E-state index < -0.39 is 0 Å². The first-order valence-corrected chi connectivity index (χ1v) is 6.08. The molecular weight excluding hydrogens is 188 g/mol. The van der Waals surface area contributed by atoms with Crippen LogP contribution in [0.4, 0.5) is 0 Å². The first kappa shape index (κ1) is 12.5. The number of piperidine rings is 1. The van der Waals surface area contributed by atoms with Crippen LogP contribution in [0.2, 0.25) is 0 Å². The predicted molar refractivity (Wildman–Crippen MR) is 62.7 cm³/mol. The molecule has 1 amide bonds. The lowest BCUT2D eigenvalue weighted by molar-refractivity contribution is -0.132. The normalized spacial score (nSPS) is 18.5. The third kappa shape index (κ3) is 4.20. The molecule has 0 aromatic carbocycles. The molecule has 0 spiro atoms. The minimum absolute atomic E-state index is 0.346. The van der Waals surface area contributed by atoms with E-state index in [0.29, 0.717) is 17.9 Å². The highest BCUT2D eigenvalue weighted by Crippen LogP contribution is 2.13. The summed E-state index contributed by atoms with van der Waals surface area (Å²) in [6.45, 7) is 6.20. The number of carbonyl (C=O) groups is 1. The van der Waals surface area contributed by atoms with E-state index in [1.165, 1.54) is 0 Å². The summed E-state index contributed by atoms with van der Waals surface area (Å²) >= 11 is 0. The van der Waals surface area contributed by atoms with Crippen molar-refractivity contribution in [3.63, 3.8) is 0 Å². The van der Waals surface area contributed by atoms with Crippen LogP contribution in [0.1, 0.15) is 39.5 Å². The summed E-state index contributed by atoms with van der Waals surface area (Å²) < 4.78 is 0. The number of rotatable bonds is 4. The molecule has 0 aromatic rings. The van der Waals surface area contributed by atoms with Crippen LogP contribution < -0.4 is 5.32 Å². The Balaban J connectivity index is 2.24. The number of hydrogen-bond donors (Lipinski definition) is 1. The summed E-state index contributed by atoms with van der Waals surface area (Å²) in [4.78, 5) is 13.8. The van der Waals surface area contributed by atoms with E-state index in [-0.39, 0.29) is 0 Å². The van der Waals surface area contributed by atoms with Gasteiger partial charge in [0.15, 0.2) is 0 Å². The van der Waals surface area contributed by atoms with Crippen LogP contribution in [0.25, 0.3) is 0 Å². The van der Waals surface area contributed by atoms with Gasteiger partial charge in [-0.05, 0) is 32.2 Å². The highest BCUT2D eigenvalue weighted by molar-refractivity contribution is 5.76. The van der Waals surface area contributed by atoms with Gasteiger partial charge in [0, 0.05) is 25.6 Å². The van der Waals surface area contributed by atoms with Crippen molar-refractivity contribution in [2.75, 3.05) is 20.1 Å². The number of nitrogens with zero attached hydrogens (tertiary/aromatic N) is 1. The molecule has 1 aliphatic heterocycles. The molecular formula is C12H24N2O. The molecule has 0 bridgehead atoms. The molecule has 1 heterocycles. The Hall–Kier alpha value is -0.570. The summed E-state index contributed by atoms with van der Waals surface area (Å²) in [6.07, 6.45) is 3.94. The predicted octanol–water partition coefficient (Wildman–Crippen LogP) is 1.63. The molecule has 0 radical (unpaired) electrons. The molecule has 1 saturated heterocycles. The summed E-state index contributed by atoms with van der Waals surface area (Å²) in [7, 11) is 2.00. The molecule has 0 aromatic heterocycles. The zero-order valence-electron chi connectivity index (χ0n) is 10.3. The van der Waals surface area contributed by atoms with Gasteiger partial charge in [0.2, 0.25) is 5.91 Å². The Labute approximate surface area is 93.2 Å². The lowest BCUT2D eigenvalue weighted by atomic mass is 10.0. The van der Waals surface area contributed by atoms with Gasteiger partial charge in [-0.15, -0.1) is 0 Å². The molecule has 88 valence electrons. The van der Waals surface area contributed by atoms with E-state index in [9.17, 15) is 4.79 Å². The molecule has 3 heteroatoms. The van der Waals surface area contributed by atoms with Crippen LogP contribution in [0.5, 0.6) is 0 Å². The van der Waals surface area contributed by atoms with Crippen LogP contribution >= 0.6 is 0 Å². The molecule has 0 aliphatic carbocycles. The van der Waals surface area contributed by atoms with Gasteiger partial charge in [-0.25, -0.2) is 0 Å². The molecule has 3 nitrogen and oxygen atoms in total. The Kier molecular flexibility index (Phi) is 5.09. The number of hydrogen-bond acceptors (Lipinski definition) is 2. The fraction of sp³-hybridized carbons (Fsp3) is 0.917. The maximum atomic E-state index is 11.8. The summed E-state index contributed by atoms with van der Waals surface area (Å²) in [5.74, 6) is 0.974. The van der Waals surface area contributed by atoms with E-state index >= 15 is 0 Å². The topological polar surface area (TPSA) is 32.3 Å². The second-order valence-corrected chi connectivity index (χ2v) is 4.88. The van der Waals surface area contributed by atoms with Gasteiger partial charge in [0.25, 0.3) is 0 Å². The number of carbonyl (C=O) groups excluding carboxylic acids is 1. The van der Waals surface area contributed by atoms with Gasteiger partial charge in [-0.3, -0.25) is 4.79 Å². The van der Waals surface area contributed by atoms with Crippen molar-refractivity contribution in [1.82, 2.24) is 10.2 Å². The first-order chi connectivity index (χ1) is 7.13. The van der Waals surface area contributed by atoms with E-state index in [2.05, 4.69) is 19.2 Å². The Morgan fingerprint density at radius 1 is 1.40 bits per heavy atom. The zero-order chi connectivity index (χ0) is 11.3. The quantitative estimate of drug-likeness (QED) is 0.768. The smallest absolute Gasteiger partial charge is 0.222 e. The average molecular weight is 212 g/mol. The molecule has 1 rings (SSSR count). The molecule has 15 heavy (non-hydrogen) atoms. The highest BCUT2D eigenvalue weighted by Gasteiger charge is 2.21. The Morgan fingerprint density at radius 2 is 2.00 bits per heavy atom. The van der Waals surface area contributed by atoms with Gasteiger partial charge < -0.3 is 10.2 Å². The van der Waals surface area contributed by atoms with Crippen molar-refractivity contribution in [1.29, 1.82) is 0 Å². The molecule has 1 N–H and O–H groups in total. The fourth-order valence-electron chi connectivity index (χ4n) is 1.99. The number of nitrogens with one attached hydrogen (secondary N) is 1. The molecule has 0 unspecified atom stereocenters. The van der Waals surface area contributed by atoms with E-state index in [1.807, 2.05) is 11.9 Å². The number of amides is 1. The van der Waals surface area contributed by atoms with Gasteiger partial charge in [-0.2, -0.15) is 0 Å². The van der Waals surface area contributed by atoms with Crippen molar-refractivity contribution in [3.05, 3.63) is 0 Å². The maximum Gasteiger partial charge on any atom is 0.222 e. The highest BCUT2D eigenvalue weighted by atomic mass is 16.2. The summed E-state index contributed by atoms with van der Waals surface area (Å²) in [5.41, 5.74) is 0. The Bertz CT molecular complexity index is 196. The van der Waals surface area contributed by atoms with Crippen LogP contribution in [-0.2, 0) is 4.79 Å². The van der Waals surface area contributed by atoms with Crippen molar-refractivity contribution >= 4 is 5.91 Å². The van der Waals surface area contributed by atoms with E-state index in [1.54, 1.807) is 0 Å². The Morgan fingerprint density at radius 3 is 2.47 bits per heavy atom. The molecule has 1 fully saturated rings. The monoisotopic (exact) mass is 212 g/mol. The van der Waals surface area contributed by atoms with Gasteiger partial charge in [-0.1, -0.05) is 13.8 Å². The largest absolute Gasteiger partial charge is 0.343 e. The zero-order valence-corrected chi connectivity index (χ0v) is 10.3. The molecule has 0 saturated carbocycles. The van der Waals surface area contributed by atoms with E-state index in [4.69, 9.17) is 0 Å². The van der Waals surface area contributed by atoms with Crippen molar-refractivity contribution in [3.8, 4) is 0 Å². The maximum absolute atomic E-state index is 11.8. The number of likely N-dealkylation sites (tertiary alicyclic amines) is 1. The van der Waals surface area contributed by atoms with Crippen molar-refractivity contribution in [2.24, 2.45) is 5.92 Å². The standard InChI is InChI=1S/C12H24N2O/c1-10(2)4-5-12(15)14-8-6-11(13-3)7-9-14/h10-11,13H,4-9H2,1-3H3. The van der Waals surface area contributed by atoms with Gasteiger partial charge >= 0.3 is 0 Å². The molecule has 0 atom stereocenters. The SMILES string of the molecule is CNC1CCN(C(=O)CCC(C)C)CC1. The lowest BCUT2D eigenvalue weighted by Gasteiger charge is -2.32. The fourth-order valence-corrected chi connectivity index (χ4v) is 1.99. The first-order valence-electron chi connectivity index (χ1n) is 6.08. The third-order valence-electron chi connectivity index (χ3n) is 3.19. The molecule has 1 aliphatic rings. The minimum atomic E-state index is 0.346. The average Bonchev–Trinajstić information content (AvgIpc) is 2.26. The summed E-state index contributed by atoms with van der Waals surface area (Å²) in [6, 6.07) is 0.610. The van der Waals surface area contributed by atoms with Gasteiger partial charge in [0.1, 0.15) is 0 Å². The van der Waals surface area contributed by atoms with E-state index in [0.717, 1.165) is 38.8 Å². The van der Waals surface area contributed by atoms with Crippen LogP contribution in [0.3, 0.4) is 0 Å². The third-order valence-corrected chi connectivity index (χ3v) is 3.19. The lowest BCUT2D eigenvalue weighted by Crippen LogP contribution is -2.43. The van der Waals surface area contributed by atoms with Crippen LogP contribution in [0, 0.1) is 5.92 Å². The van der Waals surface area contributed by atoms with Gasteiger partial charge in [0.05, 0.1) is 0 Å². The van der Waals surface area contributed by atoms with Crippen molar-refractivity contribution < 1.29 is 4.79 Å². The second kappa shape index (κ2) is 6.11.